The van der Waals surface area contributed by atoms with Crippen molar-refractivity contribution in [3.63, 3.8) is 0 Å². The molecule has 0 aliphatic rings. The Hall–Kier alpha value is -5.66. The third-order valence-electron chi connectivity index (χ3n) is 7.42. The first kappa shape index (κ1) is 11.9. The molecule has 0 amide bonds. The van der Waals surface area contributed by atoms with Crippen LogP contribution in [0.4, 0.5) is 0 Å². The molecule has 0 radical (unpaired) electrons. The van der Waals surface area contributed by atoms with E-state index >= 15 is 0 Å². The molecule has 0 atom stereocenters. The predicted octanol–water partition coefficient (Wildman–Crippen LogP) is 12.0. The Labute approximate surface area is 275 Å². The maximum absolute atomic E-state index is 9.82. The number of hydrogen-bond donors (Lipinski definition) is 0. The second kappa shape index (κ2) is 9.44. The molecule has 0 bridgehead atoms. The Balaban J connectivity index is 1.59. The van der Waals surface area contributed by atoms with Crippen molar-refractivity contribution in [2.24, 2.45) is 0 Å². The van der Waals surface area contributed by atoms with Gasteiger partial charge in [0.1, 0.15) is 11.2 Å². The third kappa shape index (κ3) is 3.72. The number of fused-ring (bicyclic) bond motifs is 6. The highest BCUT2D eigenvalue weighted by Crippen LogP contribution is 2.45. The minimum atomic E-state index is -0.861. The van der Waals surface area contributed by atoms with Crippen molar-refractivity contribution in [2.75, 3.05) is 0 Å². The van der Waals surface area contributed by atoms with Crippen LogP contribution >= 0.6 is 0 Å². The zero-order chi connectivity index (χ0) is 44.9. The van der Waals surface area contributed by atoms with E-state index in [1.54, 1.807) is 42.5 Å². The lowest BCUT2D eigenvalue weighted by Gasteiger charge is -2.18. The van der Waals surface area contributed by atoms with E-state index in [4.69, 9.17) is 19.5 Å². The van der Waals surface area contributed by atoms with Gasteiger partial charge in [0.05, 0.1) is 26.0 Å². The van der Waals surface area contributed by atoms with Gasteiger partial charge in [0.25, 0.3) is 0 Å². The van der Waals surface area contributed by atoms with Crippen LogP contribution in [0.15, 0.2) is 162 Å². The topological polar surface area (TPSA) is 13.1 Å². The van der Waals surface area contributed by atoms with E-state index in [1.165, 1.54) is 0 Å². The lowest BCUT2D eigenvalue weighted by Crippen LogP contribution is -1.91. The molecule has 1 heterocycles. The Morgan fingerprint density at radius 3 is 1.77 bits per heavy atom. The van der Waals surface area contributed by atoms with E-state index in [1.807, 2.05) is 0 Å². The van der Waals surface area contributed by atoms with Gasteiger partial charge in [-0.15, -0.1) is 0 Å². The molecule has 0 N–H and O–H groups in total. The predicted molar refractivity (Wildman–Crippen MR) is 183 cm³/mol. The maximum atomic E-state index is 9.82. The lowest BCUT2D eigenvalue weighted by molar-refractivity contribution is 0.669. The molecule has 200 valence electrons. The fourth-order valence-electron chi connectivity index (χ4n) is 5.62. The van der Waals surface area contributed by atoms with E-state index in [-0.39, 0.29) is 11.1 Å². The summed E-state index contributed by atoms with van der Waals surface area (Å²) in [6.45, 7) is 0. The summed E-state index contributed by atoms with van der Waals surface area (Å²) >= 11 is 0. The average Bonchev–Trinajstić information content (AvgIpc) is 3.64. The molecule has 0 fully saturated rings. The SMILES string of the molecule is [2H]c1c([2H])c(-c2c3c([2H])c([2H])c([2H])c([2H])c3c(-c3c([2H])c([2H])c4c([2H])c([2H])c([2H])c([2H])c4c3[2H])c3c([2H])c([2H])c([2H])c([2H])c23)c([2H])c(-c2cccc3oc4ccccc4c23)c1[2H]. The summed E-state index contributed by atoms with van der Waals surface area (Å²) < 4.78 is 178. The van der Waals surface area contributed by atoms with Gasteiger partial charge in [0.2, 0.25) is 0 Å². The van der Waals surface area contributed by atoms with Crippen molar-refractivity contribution in [3.05, 3.63) is 157 Å². The van der Waals surface area contributed by atoms with Gasteiger partial charge in [0, 0.05) is 10.8 Å². The summed E-state index contributed by atoms with van der Waals surface area (Å²) in [5, 5.41) is -2.18. The van der Waals surface area contributed by atoms with Crippen molar-refractivity contribution >= 4 is 54.3 Å². The lowest BCUT2D eigenvalue weighted by atomic mass is 9.85. The zero-order valence-electron chi connectivity index (χ0n) is 40.9. The monoisotopic (exact) mass is 565 g/mol. The second-order valence-corrected chi connectivity index (χ2v) is 9.78. The molecular formula is C42H26O. The number of rotatable bonds is 3. The Morgan fingerprint density at radius 2 is 1.02 bits per heavy atom. The van der Waals surface area contributed by atoms with Gasteiger partial charge in [-0.25, -0.2) is 0 Å². The first-order valence-corrected chi connectivity index (χ1v) is 13.2. The standard InChI is InChI=1S/C42H26O/c1-2-12-28-25-31(24-23-27(28)11-1)41-35-17-5-3-15-33(35)40(34-16-4-6-18-36(34)41)30-14-9-13-29(26-30)32-20-10-22-39-42(32)37-19-7-8-21-38(37)43-39/h1-26H/i1D,2D,3D,4D,5D,6D,9D,11D,12D,13D,14D,15D,16D,17D,18D,23D,24D,25D,26D. The molecule has 0 saturated heterocycles. The van der Waals surface area contributed by atoms with Crippen LogP contribution in [-0.4, -0.2) is 0 Å². The Kier molecular flexibility index (Phi) is 2.61. The normalized spacial score (nSPS) is 17.9. The minimum absolute atomic E-state index is 0.199. The molecule has 9 rings (SSSR count). The Bertz CT molecular complexity index is 3490. The fourth-order valence-corrected chi connectivity index (χ4v) is 5.62. The van der Waals surface area contributed by atoms with Crippen LogP contribution in [0.2, 0.25) is 0 Å². The highest BCUT2D eigenvalue weighted by Gasteiger charge is 2.18. The zero-order valence-corrected chi connectivity index (χ0v) is 21.9. The maximum Gasteiger partial charge on any atom is 0.136 e. The van der Waals surface area contributed by atoms with Crippen molar-refractivity contribution in [3.8, 4) is 33.4 Å². The number of furan rings is 1. The molecule has 0 saturated carbocycles. The molecule has 43 heavy (non-hydrogen) atoms. The summed E-state index contributed by atoms with van der Waals surface area (Å²) in [5.41, 5.74) is -1.39. The van der Waals surface area contributed by atoms with Crippen molar-refractivity contribution in [1.82, 2.24) is 0 Å². The number of benzene rings is 8. The molecule has 1 aromatic heterocycles. The number of hydrogen-bond acceptors (Lipinski definition) is 1. The highest BCUT2D eigenvalue weighted by molar-refractivity contribution is 6.22. The third-order valence-corrected chi connectivity index (χ3v) is 7.42. The van der Waals surface area contributed by atoms with Crippen LogP contribution in [0, 0.1) is 0 Å². The van der Waals surface area contributed by atoms with Crippen molar-refractivity contribution in [1.29, 1.82) is 0 Å². The molecule has 9 aromatic rings. The van der Waals surface area contributed by atoms with Gasteiger partial charge < -0.3 is 4.42 Å². The second-order valence-electron chi connectivity index (χ2n) is 9.78. The fraction of sp³-hybridized carbons (Fsp3) is 0. The van der Waals surface area contributed by atoms with Crippen LogP contribution in [0.25, 0.3) is 87.6 Å². The van der Waals surface area contributed by atoms with Crippen LogP contribution in [0.3, 0.4) is 0 Å². The van der Waals surface area contributed by atoms with E-state index in [9.17, 15) is 11.0 Å². The summed E-state index contributed by atoms with van der Waals surface area (Å²) in [4.78, 5) is 0. The largest absolute Gasteiger partial charge is 0.456 e. The van der Waals surface area contributed by atoms with Crippen LogP contribution in [0.5, 0.6) is 0 Å². The number of para-hydroxylation sites is 1. The van der Waals surface area contributed by atoms with E-state index in [2.05, 4.69) is 0 Å². The molecule has 1 nitrogen and oxygen atoms in total. The first-order chi connectivity index (χ1) is 29.3. The summed E-state index contributed by atoms with van der Waals surface area (Å²) in [7, 11) is 0. The van der Waals surface area contributed by atoms with Crippen molar-refractivity contribution in [2.45, 2.75) is 0 Å². The minimum Gasteiger partial charge on any atom is -0.456 e. The van der Waals surface area contributed by atoms with Crippen LogP contribution < -0.4 is 0 Å². The van der Waals surface area contributed by atoms with Crippen molar-refractivity contribution < 1.29 is 30.5 Å². The highest BCUT2D eigenvalue weighted by atomic mass is 16.3. The molecule has 0 aliphatic heterocycles. The molecule has 0 aliphatic carbocycles. The molecule has 1 heteroatoms. The smallest absolute Gasteiger partial charge is 0.136 e. The van der Waals surface area contributed by atoms with Gasteiger partial charge in [-0.2, -0.15) is 0 Å². The Morgan fingerprint density at radius 1 is 0.419 bits per heavy atom. The van der Waals surface area contributed by atoms with E-state index < -0.39 is 169 Å². The van der Waals surface area contributed by atoms with Gasteiger partial charge in [0.15, 0.2) is 0 Å². The molecular weight excluding hydrogens is 520 g/mol. The van der Waals surface area contributed by atoms with Crippen LogP contribution in [0.1, 0.15) is 26.0 Å². The summed E-state index contributed by atoms with van der Waals surface area (Å²) in [5.74, 6) is 0. The molecule has 0 spiro atoms. The van der Waals surface area contributed by atoms with Gasteiger partial charge in [-0.05, 0) is 89.9 Å². The van der Waals surface area contributed by atoms with Crippen LogP contribution in [-0.2, 0) is 0 Å². The molecule has 8 aromatic carbocycles. The van der Waals surface area contributed by atoms with Gasteiger partial charge in [-0.3, -0.25) is 0 Å². The summed E-state index contributed by atoms with van der Waals surface area (Å²) in [6, 6.07) is -3.11. The average molecular weight is 566 g/mol. The molecule has 0 unspecified atom stereocenters. The van der Waals surface area contributed by atoms with Gasteiger partial charge in [-0.1, -0.05) is 133 Å². The first-order valence-electron chi connectivity index (χ1n) is 22.7. The quantitative estimate of drug-likeness (QED) is 0.194. The van der Waals surface area contributed by atoms with E-state index in [0.717, 1.165) is 0 Å². The van der Waals surface area contributed by atoms with E-state index in [0.29, 0.717) is 21.9 Å². The van der Waals surface area contributed by atoms with Gasteiger partial charge >= 0.3 is 0 Å². The summed E-state index contributed by atoms with van der Waals surface area (Å²) in [6.07, 6.45) is 0.